The van der Waals surface area contributed by atoms with Gasteiger partial charge in [-0.25, -0.2) is 4.39 Å². The van der Waals surface area contributed by atoms with E-state index in [9.17, 15) is 9.18 Å². The lowest BCUT2D eigenvalue weighted by molar-refractivity contribution is -0.128. The van der Waals surface area contributed by atoms with Crippen LogP contribution in [-0.4, -0.2) is 12.9 Å². The largest absolute Gasteiger partial charge is 0.369 e. The van der Waals surface area contributed by atoms with Crippen molar-refractivity contribution in [1.29, 1.82) is 0 Å². The van der Waals surface area contributed by atoms with Crippen molar-refractivity contribution in [1.82, 2.24) is 0 Å². The van der Waals surface area contributed by atoms with Crippen LogP contribution in [0.3, 0.4) is 0 Å². The third-order valence-corrected chi connectivity index (χ3v) is 3.28. The Labute approximate surface area is 122 Å². The molecule has 104 valence electrons. The van der Waals surface area contributed by atoms with Gasteiger partial charge in [-0.1, -0.05) is 48.0 Å². The van der Waals surface area contributed by atoms with Crippen LogP contribution >= 0.6 is 11.6 Å². The normalized spacial score (nSPS) is 12.2. The minimum atomic E-state index is -0.625. The lowest BCUT2D eigenvalue weighted by atomic mass is 10.00. The van der Waals surface area contributed by atoms with Gasteiger partial charge in [0.15, 0.2) is 5.78 Å². The van der Waals surface area contributed by atoms with E-state index in [1.165, 1.54) is 19.2 Å². The fraction of sp³-hybridized carbons (Fsp3) is 0.188. The molecule has 0 aliphatic carbocycles. The molecule has 0 N–H and O–H groups in total. The molecule has 0 aromatic heterocycles. The van der Waals surface area contributed by atoms with Gasteiger partial charge in [-0.3, -0.25) is 4.79 Å². The van der Waals surface area contributed by atoms with Crippen molar-refractivity contribution < 1.29 is 13.9 Å². The number of benzene rings is 2. The van der Waals surface area contributed by atoms with Gasteiger partial charge in [0.25, 0.3) is 0 Å². The quantitative estimate of drug-likeness (QED) is 0.833. The van der Waals surface area contributed by atoms with Gasteiger partial charge in [0.2, 0.25) is 0 Å². The zero-order valence-electron chi connectivity index (χ0n) is 11.0. The van der Waals surface area contributed by atoms with Crippen LogP contribution in [0.5, 0.6) is 0 Å². The van der Waals surface area contributed by atoms with Crippen LogP contribution in [0.15, 0.2) is 48.5 Å². The number of rotatable bonds is 5. The molecular weight excluding hydrogens is 279 g/mol. The Hall–Kier alpha value is -1.71. The van der Waals surface area contributed by atoms with Crippen LogP contribution in [0.4, 0.5) is 4.39 Å². The Kier molecular flexibility index (Phi) is 4.88. The number of Topliss-reactive ketones (excluding diaryl/α,β-unsaturated/α-hetero) is 1. The fourth-order valence-electron chi connectivity index (χ4n) is 2.02. The van der Waals surface area contributed by atoms with Crippen LogP contribution in [0.25, 0.3) is 0 Å². The molecule has 2 aromatic rings. The average molecular weight is 293 g/mol. The number of hydrogen-bond acceptors (Lipinski definition) is 2. The summed E-state index contributed by atoms with van der Waals surface area (Å²) in [5, 5.41) is 0.0176. The van der Waals surface area contributed by atoms with Crippen LogP contribution in [-0.2, 0) is 16.0 Å². The van der Waals surface area contributed by atoms with Gasteiger partial charge in [-0.2, -0.15) is 0 Å². The van der Waals surface area contributed by atoms with Crippen LogP contribution < -0.4 is 0 Å². The summed E-state index contributed by atoms with van der Waals surface area (Å²) < 4.78 is 18.4. The number of methoxy groups -OCH3 is 1. The van der Waals surface area contributed by atoms with E-state index < -0.39 is 11.9 Å². The van der Waals surface area contributed by atoms with Crippen molar-refractivity contribution in [2.45, 2.75) is 12.5 Å². The molecule has 0 saturated carbocycles. The van der Waals surface area contributed by atoms with Gasteiger partial charge in [0, 0.05) is 13.5 Å². The highest BCUT2D eigenvalue weighted by Gasteiger charge is 2.20. The molecule has 2 aromatic carbocycles. The second kappa shape index (κ2) is 6.64. The monoisotopic (exact) mass is 292 g/mol. The van der Waals surface area contributed by atoms with Crippen molar-refractivity contribution in [3.8, 4) is 0 Å². The summed E-state index contributed by atoms with van der Waals surface area (Å²) in [6.45, 7) is 0. The molecular formula is C16H14ClFO2. The maximum absolute atomic E-state index is 13.1. The first-order valence-corrected chi connectivity index (χ1v) is 6.54. The van der Waals surface area contributed by atoms with Crippen molar-refractivity contribution in [2.24, 2.45) is 0 Å². The standard InChI is InChI=1S/C16H14ClFO2/c1-20-16(12-5-3-2-4-6-12)15(19)10-11-7-8-14(18)13(17)9-11/h2-9,16H,10H2,1H3. The Bertz CT molecular complexity index is 599. The number of halogens is 2. The topological polar surface area (TPSA) is 26.3 Å². The summed E-state index contributed by atoms with van der Waals surface area (Å²) in [5.41, 5.74) is 1.47. The van der Waals surface area contributed by atoms with Crippen molar-refractivity contribution in [2.75, 3.05) is 7.11 Å². The first-order valence-electron chi connectivity index (χ1n) is 6.16. The predicted molar refractivity (Wildman–Crippen MR) is 76.3 cm³/mol. The molecule has 1 atom stereocenters. The van der Waals surface area contributed by atoms with E-state index >= 15 is 0 Å². The first-order chi connectivity index (χ1) is 9.61. The van der Waals surface area contributed by atoms with Crippen LogP contribution in [0, 0.1) is 5.82 Å². The van der Waals surface area contributed by atoms with Gasteiger partial charge in [-0.05, 0) is 23.3 Å². The lowest BCUT2D eigenvalue weighted by Crippen LogP contribution is -2.16. The highest BCUT2D eigenvalue weighted by Crippen LogP contribution is 2.21. The second-order valence-electron chi connectivity index (χ2n) is 4.42. The molecule has 0 aliphatic heterocycles. The third kappa shape index (κ3) is 3.44. The Morgan fingerprint density at radius 3 is 2.55 bits per heavy atom. The number of ketones is 1. The first kappa shape index (κ1) is 14.7. The molecule has 1 unspecified atom stereocenters. The maximum Gasteiger partial charge on any atom is 0.170 e. The second-order valence-corrected chi connectivity index (χ2v) is 4.83. The van der Waals surface area contributed by atoms with Gasteiger partial charge in [0.1, 0.15) is 11.9 Å². The Morgan fingerprint density at radius 2 is 1.95 bits per heavy atom. The summed E-state index contributed by atoms with van der Waals surface area (Å²) in [5.74, 6) is -0.587. The highest BCUT2D eigenvalue weighted by atomic mass is 35.5. The lowest BCUT2D eigenvalue weighted by Gasteiger charge is -2.14. The molecule has 0 heterocycles. The van der Waals surface area contributed by atoms with E-state index in [1.54, 1.807) is 6.07 Å². The van der Waals surface area contributed by atoms with Crippen LogP contribution in [0.2, 0.25) is 5.02 Å². The summed E-state index contributed by atoms with van der Waals surface area (Å²) in [7, 11) is 1.49. The number of hydrogen-bond donors (Lipinski definition) is 0. The number of carbonyl (C=O) groups is 1. The summed E-state index contributed by atoms with van der Waals surface area (Å²) in [6, 6.07) is 13.5. The number of carbonyl (C=O) groups excluding carboxylic acids is 1. The van der Waals surface area contributed by atoms with Crippen LogP contribution in [0.1, 0.15) is 17.2 Å². The molecule has 2 rings (SSSR count). The molecule has 0 amide bonds. The molecule has 0 aliphatic rings. The summed E-state index contributed by atoms with van der Waals surface area (Å²) >= 11 is 5.71. The fourth-order valence-corrected chi connectivity index (χ4v) is 2.23. The van der Waals surface area contributed by atoms with E-state index in [0.717, 1.165) is 5.56 Å². The SMILES string of the molecule is COC(C(=O)Cc1ccc(F)c(Cl)c1)c1ccccc1. The van der Waals surface area contributed by atoms with Gasteiger partial charge >= 0.3 is 0 Å². The van der Waals surface area contributed by atoms with Gasteiger partial charge in [0.05, 0.1) is 5.02 Å². The zero-order chi connectivity index (χ0) is 14.5. The average Bonchev–Trinajstić information content (AvgIpc) is 2.45. The highest BCUT2D eigenvalue weighted by molar-refractivity contribution is 6.30. The molecule has 4 heteroatoms. The maximum atomic E-state index is 13.1. The molecule has 0 bridgehead atoms. The van der Waals surface area contributed by atoms with E-state index in [2.05, 4.69) is 0 Å². The minimum absolute atomic E-state index is 0.0176. The van der Waals surface area contributed by atoms with Crippen molar-refractivity contribution >= 4 is 17.4 Å². The molecule has 0 saturated heterocycles. The van der Waals surface area contributed by atoms with E-state index in [-0.39, 0.29) is 17.2 Å². The molecule has 0 radical (unpaired) electrons. The van der Waals surface area contributed by atoms with Gasteiger partial charge in [-0.15, -0.1) is 0 Å². The number of ether oxygens (including phenoxy) is 1. The third-order valence-electron chi connectivity index (χ3n) is 2.99. The smallest absolute Gasteiger partial charge is 0.170 e. The zero-order valence-corrected chi connectivity index (χ0v) is 11.7. The van der Waals surface area contributed by atoms with E-state index in [0.29, 0.717) is 5.56 Å². The molecule has 20 heavy (non-hydrogen) atoms. The molecule has 0 fully saturated rings. The van der Waals surface area contributed by atoms with E-state index in [1.807, 2.05) is 30.3 Å². The Balaban J connectivity index is 2.15. The minimum Gasteiger partial charge on any atom is -0.369 e. The summed E-state index contributed by atoms with van der Waals surface area (Å²) in [6.07, 6.45) is -0.479. The predicted octanol–water partition coefficient (Wildman–Crippen LogP) is 3.98. The Morgan fingerprint density at radius 1 is 1.25 bits per heavy atom. The molecule has 2 nitrogen and oxygen atoms in total. The van der Waals surface area contributed by atoms with Crippen molar-refractivity contribution in [3.05, 3.63) is 70.5 Å². The van der Waals surface area contributed by atoms with Crippen molar-refractivity contribution in [3.63, 3.8) is 0 Å². The van der Waals surface area contributed by atoms with E-state index in [4.69, 9.17) is 16.3 Å². The molecule has 0 spiro atoms. The van der Waals surface area contributed by atoms with Gasteiger partial charge < -0.3 is 4.74 Å². The summed E-state index contributed by atoms with van der Waals surface area (Å²) in [4.78, 5) is 12.3.